The summed E-state index contributed by atoms with van der Waals surface area (Å²) in [5.74, 6) is 1.37. The predicted molar refractivity (Wildman–Crippen MR) is 97.6 cm³/mol. The van der Waals surface area contributed by atoms with Gasteiger partial charge in [-0.15, -0.1) is 35.3 Å². The van der Waals surface area contributed by atoms with Crippen LogP contribution in [0.3, 0.4) is 0 Å². The van der Waals surface area contributed by atoms with Gasteiger partial charge in [0, 0.05) is 18.0 Å². The largest absolute Gasteiger partial charge is 0.481 e. The van der Waals surface area contributed by atoms with Crippen molar-refractivity contribution in [2.24, 2.45) is 4.99 Å². The third kappa shape index (κ3) is 5.88. The zero-order valence-electron chi connectivity index (χ0n) is 12.0. The number of rotatable bonds is 5. The van der Waals surface area contributed by atoms with Gasteiger partial charge in [0.15, 0.2) is 5.96 Å². The molecule has 0 aliphatic heterocycles. The van der Waals surface area contributed by atoms with Crippen molar-refractivity contribution < 1.29 is 4.74 Å². The Bertz CT molecular complexity index is 560. The molecule has 5 nitrogen and oxygen atoms in total. The van der Waals surface area contributed by atoms with E-state index in [0.29, 0.717) is 12.4 Å². The molecule has 0 spiro atoms. The van der Waals surface area contributed by atoms with Gasteiger partial charge in [0.1, 0.15) is 0 Å². The van der Waals surface area contributed by atoms with Crippen LogP contribution in [0.5, 0.6) is 5.88 Å². The number of thiophene rings is 1. The Balaban J connectivity index is 0.00000220. The summed E-state index contributed by atoms with van der Waals surface area (Å²) in [5, 5.41) is 8.55. The number of hydrogen-bond donors (Lipinski definition) is 2. The summed E-state index contributed by atoms with van der Waals surface area (Å²) >= 11 is 1.72. The Morgan fingerprint density at radius 3 is 2.71 bits per heavy atom. The average molecular weight is 418 g/mol. The van der Waals surface area contributed by atoms with E-state index in [4.69, 9.17) is 4.74 Å². The van der Waals surface area contributed by atoms with Gasteiger partial charge in [-0.1, -0.05) is 12.1 Å². The first-order valence-electron chi connectivity index (χ1n) is 6.28. The van der Waals surface area contributed by atoms with Gasteiger partial charge in [-0.05, 0) is 17.5 Å². The van der Waals surface area contributed by atoms with E-state index >= 15 is 0 Å². The molecule has 0 saturated carbocycles. The van der Waals surface area contributed by atoms with Crippen LogP contribution < -0.4 is 15.4 Å². The molecule has 0 fully saturated rings. The first-order valence-corrected chi connectivity index (χ1v) is 7.16. The topological polar surface area (TPSA) is 58.5 Å². The summed E-state index contributed by atoms with van der Waals surface area (Å²) in [4.78, 5) is 9.80. The van der Waals surface area contributed by atoms with E-state index in [2.05, 4.69) is 32.1 Å². The molecule has 21 heavy (non-hydrogen) atoms. The fourth-order valence-corrected chi connectivity index (χ4v) is 2.29. The second kappa shape index (κ2) is 9.56. The molecule has 2 aromatic rings. The number of nitrogens with one attached hydrogen (secondary N) is 2. The minimum atomic E-state index is 0. The maximum atomic E-state index is 5.10. The minimum Gasteiger partial charge on any atom is -0.481 e. The van der Waals surface area contributed by atoms with Crippen molar-refractivity contribution in [1.82, 2.24) is 15.6 Å². The lowest BCUT2D eigenvalue weighted by molar-refractivity contribution is 0.396. The highest BCUT2D eigenvalue weighted by Crippen LogP contribution is 2.07. The Labute approximate surface area is 145 Å². The molecular formula is C14H19IN4OS. The molecule has 2 aromatic heterocycles. The van der Waals surface area contributed by atoms with Crippen LogP contribution in [0.4, 0.5) is 0 Å². The quantitative estimate of drug-likeness (QED) is 0.446. The third-order valence-corrected chi connectivity index (χ3v) is 3.54. The summed E-state index contributed by atoms with van der Waals surface area (Å²) < 4.78 is 5.10. The van der Waals surface area contributed by atoms with Crippen LogP contribution in [0.2, 0.25) is 0 Å². The smallest absolute Gasteiger partial charge is 0.213 e. The monoisotopic (exact) mass is 418 g/mol. The van der Waals surface area contributed by atoms with Crippen LogP contribution in [0.1, 0.15) is 10.6 Å². The summed E-state index contributed by atoms with van der Waals surface area (Å²) in [5.41, 5.74) is 0.906. The minimum absolute atomic E-state index is 0. The molecule has 0 atom stereocenters. The number of halogens is 1. The summed E-state index contributed by atoms with van der Waals surface area (Å²) in [6.45, 7) is 1.37. The number of hydrogen-bond acceptors (Lipinski definition) is 4. The first-order chi connectivity index (χ1) is 9.81. The van der Waals surface area contributed by atoms with Crippen molar-refractivity contribution >= 4 is 41.3 Å². The molecule has 0 unspecified atom stereocenters. The lowest BCUT2D eigenvalue weighted by Crippen LogP contribution is -2.36. The van der Waals surface area contributed by atoms with Gasteiger partial charge < -0.3 is 15.4 Å². The Morgan fingerprint density at radius 1 is 1.24 bits per heavy atom. The van der Waals surface area contributed by atoms with Crippen molar-refractivity contribution in [3.8, 4) is 5.88 Å². The highest BCUT2D eigenvalue weighted by Gasteiger charge is 2.01. The highest BCUT2D eigenvalue weighted by atomic mass is 127. The summed E-state index contributed by atoms with van der Waals surface area (Å²) in [7, 11) is 3.36. The molecule has 0 aliphatic carbocycles. The molecule has 7 heteroatoms. The van der Waals surface area contributed by atoms with Crippen molar-refractivity contribution in [3.63, 3.8) is 0 Å². The third-order valence-electron chi connectivity index (χ3n) is 2.66. The van der Waals surface area contributed by atoms with Gasteiger partial charge in [0.2, 0.25) is 5.88 Å². The number of nitrogens with zero attached hydrogens (tertiary/aromatic N) is 2. The summed E-state index contributed by atoms with van der Waals surface area (Å²) in [6, 6.07) is 9.83. The molecule has 2 heterocycles. The van der Waals surface area contributed by atoms with Crippen LogP contribution >= 0.6 is 35.3 Å². The SMILES string of the molecule is CN=C(NCc1cccc(OC)n1)NCc1cccs1.I. The maximum Gasteiger partial charge on any atom is 0.213 e. The van der Waals surface area contributed by atoms with E-state index in [0.717, 1.165) is 18.2 Å². The van der Waals surface area contributed by atoms with Gasteiger partial charge in [-0.25, -0.2) is 4.98 Å². The van der Waals surface area contributed by atoms with Crippen LogP contribution in [-0.4, -0.2) is 25.1 Å². The number of guanidine groups is 1. The number of aliphatic imine (C=N–C) groups is 1. The maximum absolute atomic E-state index is 5.10. The number of methoxy groups -OCH3 is 1. The van der Waals surface area contributed by atoms with Crippen molar-refractivity contribution in [3.05, 3.63) is 46.3 Å². The van der Waals surface area contributed by atoms with Crippen LogP contribution in [-0.2, 0) is 13.1 Å². The Kier molecular flexibility index (Phi) is 8.06. The highest BCUT2D eigenvalue weighted by molar-refractivity contribution is 14.0. The van der Waals surface area contributed by atoms with Gasteiger partial charge in [-0.2, -0.15) is 0 Å². The number of pyridine rings is 1. The van der Waals surface area contributed by atoms with Crippen LogP contribution in [0.25, 0.3) is 0 Å². The summed E-state index contributed by atoms with van der Waals surface area (Å²) in [6.07, 6.45) is 0. The van der Waals surface area contributed by atoms with Gasteiger partial charge in [-0.3, -0.25) is 4.99 Å². The number of ether oxygens (including phenoxy) is 1. The molecule has 0 amide bonds. The molecule has 0 bridgehead atoms. The zero-order valence-corrected chi connectivity index (χ0v) is 15.1. The van der Waals surface area contributed by atoms with E-state index in [1.807, 2.05) is 24.3 Å². The van der Waals surface area contributed by atoms with Crippen molar-refractivity contribution in [2.45, 2.75) is 13.1 Å². The van der Waals surface area contributed by atoms with E-state index in [1.165, 1.54) is 4.88 Å². The fourth-order valence-electron chi connectivity index (χ4n) is 1.65. The molecule has 114 valence electrons. The molecule has 0 aromatic carbocycles. The van der Waals surface area contributed by atoms with Crippen LogP contribution in [0.15, 0.2) is 40.7 Å². The fraction of sp³-hybridized carbons (Fsp3) is 0.286. The molecular weight excluding hydrogens is 399 g/mol. The van der Waals surface area contributed by atoms with E-state index in [1.54, 1.807) is 25.5 Å². The lowest BCUT2D eigenvalue weighted by Gasteiger charge is -2.11. The molecule has 0 saturated heterocycles. The van der Waals surface area contributed by atoms with E-state index in [-0.39, 0.29) is 24.0 Å². The van der Waals surface area contributed by atoms with Gasteiger partial charge in [0.05, 0.1) is 25.9 Å². The molecule has 2 rings (SSSR count). The van der Waals surface area contributed by atoms with E-state index < -0.39 is 0 Å². The Morgan fingerprint density at radius 2 is 2.05 bits per heavy atom. The number of aromatic nitrogens is 1. The van der Waals surface area contributed by atoms with E-state index in [9.17, 15) is 0 Å². The lowest BCUT2D eigenvalue weighted by atomic mass is 10.3. The average Bonchev–Trinajstić information content (AvgIpc) is 3.01. The second-order valence-corrected chi connectivity index (χ2v) is 5.06. The zero-order chi connectivity index (χ0) is 14.2. The first kappa shape index (κ1) is 17.7. The Hall–Kier alpha value is -1.35. The molecule has 0 aliphatic rings. The van der Waals surface area contributed by atoms with Crippen molar-refractivity contribution in [1.29, 1.82) is 0 Å². The normalized spacial score (nSPS) is 10.7. The predicted octanol–water partition coefficient (Wildman–Crippen LogP) is 2.63. The van der Waals surface area contributed by atoms with Crippen LogP contribution in [0, 0.1) is 0 Å². The van der Waals surface area contributed by atoms with Crippen molar-refractivity contribution in [2.75, 3.05) is 14.2 Å². The van der Waals surface area contributed by atoms with Gasteiger partial charge >= 0.3 is 0 Å². The molecule has 0 radical (unpaired) electrons. The van der Waals surface area contributed by atoms with Gasteiger partial charge in [0.25, 0.3) is 0 Å². The second-order valence-electron chi connectivity index (χ2n) is 4.03. The standard InChI is InChI=1S/C14H18N4OS.HI/c1-15-14(17-10-12-6-4-8-20-12)16-9-11-5-3-7-13(18-11)19-2;/h3-8H,9-10H2,1-2H3,(H2,15,16,17);1H. The molecule has 2 N–H and O–H groups in total.